The lowest BCUT2D eigenvalue weighted by atomic mass is 10.1. The van der Waals surface area contributed by atoms with Crippen LogP contribution in [0, 0.1) is 11.3 Å². The number of nitrogens with zero attached hydrogens (tertiary/aromatic N) is 1. The minimum Gasteiger partial charge on any atom is -0.495 e. The molecule has 0 radical (unpaired) electrons. The number of H-pyrrole nitrogens is 2. The largest absolute Gasteiger partial charge is 0.495 e. The fourth-order valence-electron chi connectivity index (χ4n) is 1.56. The van der Waals surface area contributed by atoms with E-state index in [0.717, 1.165) is 5.56 Å². The lowest BCUT2D eigenvalue weighted by molar-refractivity contribution is 0.413. The Labute approximate surface area is 118 Å². The van der Waals surface area contributed by atoms with E-state index in [2.05, 4.69) is 9.97 Å². The van der Waals surface area contributed by atoms with Crippen molar-refractivity contribution in [1.82, 2.24) is 9.97 Å². The van der Waals surface area contributed by atoms with Gasteiger partial charge in [0, 0.05) is 11.9 Å². The van der Waals surface area contributed by atoms with Gasteiger partial charge >= 0.3 is 11.1 Å². The van der Waals surface area contributed by atoms with E-state index in [-0.39, 0.29) is 0 Å². The summed E-state index contributed by atoms with van der Waals surface area (Å²) in [6.45, 7) is 0. The second kappa shape index (κ2) is 6.12. The van der Waals surface area contributed by atoms with Gasteiger partial charge in [-0.25, -0.2) is 0 Å². The van der Waals surface area contributed by atoms with Crippen LogP contribution < -0.4 is 15.9 Å². The minimum atomic E-state index is -0.674. The van der Waals surface area contributed by atoms with Crippen LogP contribution in [0.2, 0.25) is 0 Å². The Morgan fingerprint density at radius 2 is 2.15 bits per heavy atom. The number of nitrogens with one attached hydrogen (secondary N) is 2. The first-order chi connectivity index (χ1) is 9.63. The van der Waals surface area contributed by atoms with E-state index in [1.807, 2.05) is 12.1 Å². The van der Waals surface area contributed by atoms with Gasteiger partial charge in [0.05, 0.1) is 17.7 Å². The molecule has 0 spiro atoms. The van der Waals surface area contributed by atoms with Gasteiger partial charge in [-0.1, -0.05) is 6.07 Å². The van der Waals surface area contributed by atoms with Gasteiger partial charge in [-0.05, 0) is 17.7 Å². The number of aromatic amines is 2. The van der Waals surface area contributed by atoms with Gasteiger partial charge in [0.25, 0.3) is 0 Å². The highest BCUT2D eigenvalue weighted by Gasteiger charge is 2.05. The van der Waals surface area contributed by atoms with E-state index in [1.54, 1.807) is 12.1 Å². The van der Waals surface area contributed by atoms with Gasteiger partial charge in [-0.2, -0.15) is 5.26 Å². The smallest absolute Gasteiger partial charge is 0.314 e. The molecule has 0 amide bonds. The number of nitriles is 1. The molecule has 0 saturated heterocycles. The van der Waals surface area contributed by atoms with Gasteiger partial charge in [0.15, 0.2) is 0 Å². The fourth-order valence-corrected chi connectivity index (χ4v) is 2.37. The summed E-state index contributed by atoms with van der Waals surface area (Å²) < 4.78 is 5.13. The summed E-state index contributed by atoms with van der Waals surface area (Å²) in [6.07, 6.45) is 1.45. The molecule has 0 saturated carbocycles. The van der Waals surface area contributed by atoms with Crippen molar-refractivity contribution in [2.24, 2.45) is 0 Å². The maximum atomic E-state index is 11.2. The molecule has 2 N–H and O–H groups in total. The average molecular weight is 289 g/mol. The molecule has 0 aliphatic carbocycles. The summed E-state index contributed by atoms with van der Waals surface area (Å²) in [4.78, 5) is 26.9. The van der Waals surface area contributed by atoms with Crippen molar-refractivity contribution in [2.45, 2.75) is 10.8 Å². The van der Waals surface area contributed by atoms with Crippen LogP contribution in [0.15, 0.2) is 39.0 Å². The van der Waals surface area contributed by atoms with E-state index < -0.39 is 11.1 Å². The van der Waals surface area contributed by atoms with Crippen LogP contribution in [0.5, 0.6) is 5.75 Å². The Morgan fingerprint density at radius 1 is 1.35 bits per heavy atom. The molecule has 0 aliphatic heterocycles. The summed E-state index contributed by atoms with van der Waals surface area (Å²) in [5.74, 6) is 1.09. The Hall–Kier alpha value is -2.46. The van der Waals surface area contributed by atoms with Crippen LogP contribution in [-0.4, -0.2) is 17.1 Å². The molecule has 7 heteroatoms. The third kappa shape index (κ3) is 3.10. The quantitative estimate of drug-likeness (QED) is 0.651. The third-order valence-electron chi connectivity index (χ3n) is 2.56. The zero-order chi connectivity index (χ0) is 14.5. The first kappa shape index (κ1) is 14.0. The molecule has 1 heterocycles. The summed E-state index contributed by atoms with van der Waals surface area (Å²) in [5, 5.41) is 9.46. The Morgan fingerprint density at radius 3 is 2.80 bits per heavy atom. The Bertz CT molecular complexity index is 773. The predicted molar refractivity (Wildman–Crippen MR) is 75.0 cm³/mol. The zero-order valence-electron chi connectivity index (χ0n) is 10.6. The number of ether oxygens (including phenoxy) is 1. The number of hydrogen-bond donors (Lipinski definition) is 2. The van der Waals surface area contributed by atoms with Gasteiger partial charge < -0.3 is 14.7 Å². The maximum Gasteiger partial charge on any atom is 0.314 e. The number of hydrogen-bond acceptors (Lipinski definition) is 5. The lowest BCUT2D eigenvalue weighted by Crippen LogP contribution is -2.28. The second-order valence-corrected chi connectivity index (χ2v) is 4.89. The molecule has 20 heavy (non-hydrogen) atoms. The summed E-state index contributed by atoms with van der Waals surface area (Å²) in [7, 11) is 1.51. The zero-order valence-corrected chi connectivity index (χ0v) is 11.4. The molecule has 0 atom stereocenters. The summed E-state index contributed by atoms with van der Waals surface area (Å²) >= 11 is 1.36. The first-order valence-electron chi connectivity index (χ1n) is 5.66. The monoisotopic (exact) mass is 289 g/mol. The SMILES string of the molecule is COc1cc(CSc2c[nH]c(=O)c(=O)[nH]2)ccc1C#N. The molecule has 0 bridgehead atoms. The number of benzene rings is 1. The van der Waals surface area contributed by atoms with Crippen LogP contribution >= 0.6 is 11.8 Å². The lowest BCUT2D eigenvalue weighted by Gasteiger charge is -2.06. The van der Waals surface area contributed by atoms with Crippen molar-refractivity contribution >= 4 is 11.8 Å². The molecule has 0 unspecified atom stereocenters. The predicted octanol–water partition coefficient (Wildman–Crippen LogP) is 1.24. The minimum absolute atomic E-state index is 0.471. The third-order valence-corrected chi connectivity index (χ3v) is 3.57. The maximum absolute atomic E-state index is 11.2. The van der Waals surface area contributed by atoms with E-state index >= 15 is 0 Å². The second-order valence-electron chi connectivity index (χ2n) is 3.87. The highest BCUT2D eigenvalue weighted by Crippen LogP contribution is 2.24. The van der Waals surface area contributed by atoms with Crippen molar-refractivity contribution in [1.29, 1.82) is 5.26 Å². The number of aromatic nitrogens is 2. The van der Waals surface area contributed by atoms with E-state index in [9.17, 15) is 9.59 Å². The van der Waals surface area contributed by atoms with Crippen LogP contribution in [-0.2, 0) is 5.75 Å². The highest BCUT2D eigenvalue weighted by atomic mass is 32.2. The van der Waals surface area contributed by atoms with E-state index in [4.69, 9.17) is 10.00 Å². The molecule has 0 fully saturated rings. The van der Waals surface area contributed by atoms with Crippen molar-refractivity contribution < 1.29 is 4.74 Å². The van der Waals surface area contributed by atoms with E-state index in [1.165, 1.54) is 25.1 Å². The van der Waals surface area contributed by atoms with Crippen molar-refractivity contribution in [3.8, 4) is 11.8 Å². The molecule has 1 aromatic heterocycles. The van der Waals surface area contributed by atoms with Gasteiger partial charge in [-0.3, -0.25) is 9.59 Å². The topological polar surface area (TPSA) is 98.7 Å². The van der Waals surface area contributed by atoms with Gasteiger partial charge in [-0.15, -0.1) is 11.8 Å². The van der Waals surface area contributed by atoms with Crippen LogP contribution in [0.25, 0.3) is 0 Å². The normalized spacial score (nSPS) is 10.0. The standard InChI is InChI=1S/C13H11N3O3S/c1-19-10-4-8(2-3-9(10)5-14)7-20-11-6-15-12(17)13(18)16-11/h2-4,6H,7H2,1H3,(H,15,17)(H,16,18). The number of rotatable bonds is 4. The Balaban J connectivity index is 2.15. The van der Waals surface area contributed by atoms with E-state index in [0.29, 0.717) is 22.1 Å². The van der Waals surface area contributed by atoms with Crippen LogP contribution in [0.3, 0.4) is 0 Å². The highest BCUT2D eigenvalue weighted by molar-refractivity contribution is 7.98. The van der Waals surface area contributed by atoms with Crippen molar-refractivity contribution in [2.75, 3.05) is 7.11 Å². The van der Waals surface area contributed by atoms with Crippen molar-refractivity contribution in [3.63, 3.8) is 0 Å². The molecule has 2 rings (SSSR count). The van der Waals surface area contributed by atoms with Crippen LogP contribution in [0.1, 0.15) is 11.1 Å². The average Bonchev–Trinajstić information content (AvgIpc) is 2.48. The molecule has 2 aromatic rings. The molecule has 102 valence electrons. The molecule has 1 aromatic carbocycles. The number of thioether (sulfide) groups is 1. The van der Waals surface area contributed by atoms with Gasteiger partial charge in [0.2, 0.25) is 0 Å². The van der Waals surface area contributed by atoms with Gasteiger partial charge in [0.1, 0.15) is 11.8 Å². The number of methoxy groups -OCH3 is 1. The molecular weight excluding hydrogens is 278 g/mol. The first-order valence-corrected chi connectivity index (χ1v) is 6.64. The molecule has 0 aliphatic rings. The fraction of sp³-hybridized carbons (Fsp3) is 0.154. The summed E-state index contributed by atoms with van der Waals surface area (Å²) in [5.41, 5.74) is 0.0680. The van der Waals surface area contributed by atoms with Crippen molar-refractivity contribution in [3.05, 3.63) is 56.2 Å². The summed E-state index contributed by atoms with van der Waals surface area (Å²) in [6, 6.07) is 7.32. The van der Waals surface area contributed by atoms with Crippen LogP contribution in [0.4, 0.5) is 0 Å². The molecular formula is C13H11N3O3S. The Kier molecular flexibility index (Phi) is 4.27. The molecule has 6 nitrogen and oxygen atoms in total.